The highest BCUT2D eigenvalue weighted by molar-refractivity contribution is 5.80. The summed E-state index contributed by atoms with van der Waals surface area (Å²) >= 11 is 0. The van der Waals surface area contributed by atoms with Crippen molar-refractivity contribution < 1.29 is 4.79 Å². The smallest absolute Gasteiger partial charge is 0.220 e. The predicted molar refractivity (Wildman–Crippen MR) is 34.8 cm³/mol. The van der Waals surface area contributed by atoms with Gasteiger partial charge in [0.05, 0.1) is 0 Å². The molecule has 1 heterocycles. The van der Waals surface area contributed by atoms with Gasteiger partial charge in [-0.25, -0.2) is 0 Å². The zero-order chi connectivity index (χ0) is 6.69. The standard InChI is InChI=1S/C6H11N2O/c1-5(9)8-6-2-3-7-4-6/h6-7H,1-4H2,(H,8,9). The highest BCUT2D eigenvalue weighted by Gasteiger charge is 2.13. The number of hydrogen-bond donors (Lipinski definition) is 2. The summed E-state index contributed by atoms with van der Waals surface area (Å²) in [5, 5.41) is 5.86. The predicted octanol–water partition coefficient (Wildman–Crippen LogP) is -0.701. The third kappa shape index (κ3) is 2.01. The van der Waals surface area contributed by atoms with Gasteiger partial charge in [-0.1, -0.05) is 0 Å². The summed E-state index contributed by atoms with van der Waals surface area (Å²) in [4.78, 5) is 10.3. The maximum Gasteiger partial charge on any atom is 0.220 e. The van der Waals surface area contributed by atoms with Crippen molar-refractivity contribution in [2.45, 2.75) is 12.5 Å². The van der Waals surface area contributed by atoms with Crippen molar-refractivity contribution >= 4 is 5.91 Å². The molecule has 2 N–H and O–H groups in total. The molecule has 51 valence electrons. The lowest BCUT2D eigenvalue weighted by Gasteiger charge is -2.06. The van der Waals surface area contributed by atoms with Gasteiger partial charge in [-0.05, 0) is 13.0 Å². The quantitative estimate of drug-likeness (QED) is 0.489. The molecule has 1 rings (SSSR count). The molecule has 0 aromatic rings. The van der Waals surface area contributed by atoms with Crippen LogP contribution >= 0.6 is 0 Å². The molecule has 0 bridgehead atoms. The van der Waals surface area contributed by atoms with Gasteiger partial charge in [-0.3, -0.25) is 4.79 Å². The van der Waals surface area contributed by atoms with Crippen molar-refractivity contribution in [3.8, 4) is 0 Å². The third-order valence-electron chi connectivity index (χ3n) is 1.43. The van der Waals surface area contributed by atoms with E-state index in [4.69, 9.17) is 0 Å². The average Bonchev–Trinajstić information content (AvgIpc) is 2.15. The van der Waals surface area contributed by atoms with E-state index in [-0.39, 0.29) is 5.91 Å². The van der Waals surface area contributed by atoms with Gasteiger partial charge in [0.2, 0.25) is 5.91 Å². The Morgan fingerprint density at radius 2 is 2.56 bits per heavy atom. The molecular formula is C6H11N2O. The second-order valence-corrected chi connectivity index (χ2v) is 2.26. The minimum atomic E-state index is -0.177. The molecule has 1 saturated heterocycles. The summed E-state index contributed by atoms with van der Waals surface area (Å²) < 4.78 is 0. The average molecular weight is 127 g/mol. The van der Waals surface area contributed by atoms with Crippen molar-refractivity contribution in [1.82, 2.24) is 10.6 Å². The number of rotatable bonds is 1. The Hall–Kier alpha value is -0.570. The second kappa shape index (κ2) is 2.82. The summed E-state index contributed by atoms with van der Waals surface area (Å²) in [7, 11) is 0. The molecule has 1 amide bonds. The Bertz CT molecular complexity index is 108. The molecule has 0 saturated carbocycles. The van der Waals surface area contributed by atoms with Gasteiger partial charge in [-0.15, -0.1) is 0 Å². The van der Waals surface area contributed by atoms with Crippen LogP contribution in [0.1, 0.15) is 6.42 Å². The number of carbonyl (C=O) groups is 1. The van der Waals surface area contributed by atoms with Crippen LogP contribution in [0, 0.1) is 6.92 Å². The van der Waals surface area contributed by atoms with Crippen molar-refractivity contribution in [2.24, 2.45) is 0 Å². The molecule has 0 aromatic carbocycles. The first kappa shape index (κ1) is 6.55. The van der Waals surface area contributed by atoms with Crippen LogP contribution in [0.5, 0.6) is 0 Å². The Morgan fingerprint density at radius 1 is 1.78 bits per heavy atom. The van der Waals surface area contributed by atoms with Gasteiger partial charge in [0.15, 0.2) is 0 Å². The molecule has 1 unspecified atom stereocenters. The van der Waals surface area contributed by atoms with E-state index in [9.17, 15) is 4.79 Å². The lowest BCUT2D eigenvalue weighted by Crippen LogP contribution is -2.34. The van der Waals surface area contributed by atoms with Crippen LogP contribution < -0.4 is 10.6 Å². The van der Waals surface area contributed by atoms with Gasteiger partial charge >= 0.3 is 0 Å². The summed E-state index contributed by atoms with van der Waals surface area (Å²) in [6, 6.07) is 0.315. The number of nitrogens with one attached hydrogen (secondary N) is 2. The fraction of sp³-hybridized carbons (Fsp3) is 0.667. The molecule has 9 heavy (non-hydrogen) atoms. The SMILES string of the molecule is [CH2]C(=O)NC1CCNC1. The Labute approximate surface area is 54.8 Å². The van der Waals surface area contributed by atoms with E-state index in [1.807, 2.05) is 0 Å². The summed E-state index contributed by atoms with van der Waals surface area (Å²) in [5.74, 6) is -0.177. The lowest BCUT2D eigenvalue weighted by atomic mass is 10.3. The summed E-state index contributed by atoms with van der Waals surface area (Å²) in [6.07, 6.45) is 1.03. The molecular weight excluding hydrogens is 116 g/mol. The highest BCUT2D eigenvalue weighted by Crippen LogP contribution is 1.95. The molecule has 0 spiro atoms. The van der Waals surface area contributed by atoms with Gasteiger partial charge in [0.1, 0.15) is 0 Å². The lowest BCUT2D eigenvalue weighted by molar-refractivity contribution is -0.117. The second-order valence-electron chi connectivity index (χ2n) is 2.26. The van der Waals surface area contributed by atoms with Crippen LogP contribution in [0.25, 0.3) is 0 Å². The zero-order valence-electron chi connectivity index (χ0n) is 5.31. The minimum absolute atomic E-state index is 0.177. The van der Waals surface area contributed by atoms with Crippen molar-refractivity contribution in [3.05, 3.63) is 6.92 Å². The molecule has 0 aromatic heterocycles. The minimum Gasteiger partial charge on any atom is -0.352 e. The molecule has 1 radical (unpaired) electrons. The third-order valence-corrected chi connectivity index (χ3v) is 1.43. The van der Waals surface area contributed by atoms with Crippen LogP contribution in [0.15, 0.2) is 0 Å². The van der Waals surface area contributed by atoms with Crippen molar-refractivity contribution in [1.29, 1.82) is 0 Å². The van der Waals surface area contributed by atoms with Crippen LogP contribution in [-0.4, -0.2) is 25.0 Å². The topological polar surface area (TPSA) is 41.1 Å². The van der Waals surface area contributed by atoms with E-state index in [0.29, 0.717) is 6.04 Å². The van der Waals surface area contributed by atoms with Gasteiger partial charge in [0.25, 0.3) is 0 Å². The van der Waals surface area contributed by atoms with Crippen LogP contribution in [0.2, 0.25) is 0 Å². The van der Waals surface area contributed by atoms with Crippen molar-refractivity contribution in [3.63, 3.8) is 0 Å². The number of carbonyl (C=O) groups excluding carboxylic acids is 1. The van der Waals surface area contributed by atoms with Gasteiger partial charge in [-0.2, -0.15) is 0 Å². The van der Waals surface area contributed by atoms with E-state index in [2.05, 4.69) is 17.6 Å². The normalized spacial score (nSPS) is 26.1. The van der Waals surface area contributed by atoms with Crippen LogP contribution in [0.3, 0.4) is 0 Å². The molecule has 1 atom stereocenters. The highest BCUT2D eigenvalue weighted by atomic mass is 16.1. The molecule has 1 fully saturated rings. The number of hydrogen-bond acceptors (Lipinski definition) is 2. The zero-order valence-corrected chi connectivity index (χ0v) is 5.31. The van der Waals surface area contributed by atoms with E-state index >= 15 is 0 Å². The van der Waals surface area contributed by atoms with Crippen LogP contribution in [0.4, 0.5) is 0 Å². The van der Waals surface area contributed by atoms with Gasteiger partial charge in [0, 0.05) is 19.5 Å². The monoisotopic (exact) mass is 127 g/mol. The first-order valence-electron chi connectivity index (χ1n) is 3.12. The van der Waals surface area contributed by atoms with E-state index in [1.54, 1.807) is 0 Å². The first-order chi connectivity index (χ1) is 4.29. The first-order valence-corrected chi connectivity index (χ1v) is 3.12. The molecule has 1 aliphatic heterocycles. The maximum absolute atomic E-state index is 10.3. The van der Waals surface area contributed by atoms with E-state index in [0.717, 1.165) is 19.5 Å². The number of amides is 1. The van der Waals surface area contributed by atoms with E-state index in [1.165, 1.54) is 0 Å². The Morgan fingerprint density at radius 3 is 3.00 bits per heavy atom. The molecule has 0 aliphatic carbocycles. The Balaban J connectivity index is 2.19. The van der Waals surface area contributed by atoms with Gasteiger partial charge < -0.3 is 10.6 Å². The largest absolute Gasteiger partial charge is 0.352 e. The maximum atomic E-state index is 10.3. The Kier molecular flexibility index (Phi) is 2.05. The molecule has 3 heteroatoms. The van der Waals surface area contributed by atoms with Crippen molar-refractivity contribution in [2.75, 3.05) is 13.1 Å². The molecule has 1 aliphatic rings. The fourth-order valence-electron chi connectivity index (χ4n) is 1.01. The van der Waals surface area contributed by atoms with E-state index < -0.39 is 0 Å². The summed E-state index contributed by atoms with van der Waals surface area (Å²) in [5.41, 5.74) is 0. The fourth-order valence-corrected chi connectivity index (χ4v) is 1.01. The molecule has 3 nitrogen and oxygen atoms in total. The summed E-state index contributed by atoms with van der Waals surface area (Å²) in [6.45, 7) is 5.12. The van der Waals surface area contributed by atoms with Crippen LogP contribution in [-0.2, 0) is 4.79 Å².